The molecule has 4 rings (SSSR count). The number of hydrogen-bond acceptors (Lipinski definition) is 4. The van der Waals surface area contributed by atoms with Crippen LogP contribution in [0.4, 0.5) is 5.69 Å². The highest BCUT2D eigenvalue weighted by atomic mass is 16.5. The molecule has 3 N–H and O–H groups in total. The van der Waals surface area contributed by atoms with E-state index in [-0.39, 0.29) is 30.4 Å². The zero-order chi connectivity index (χ0) is 20.9. The van der Waals surface area contributed by atoms with Crippen LogP contribution < -0.4 is 20.9 Å². The SMILES string of the molecule is Cc1ccc(OCC(=O)Nc2cccc(CC3NNC(=O)C4CCCCC34)c2)cc1. The first kappa shape index (κ1) is 20.4. The fourth-order valence-corrected chi connectivity index (χ4v) is 4.54. The van der Waals surface area contributed by atoms with Gasteiger partial charge in [0, 0.05) is 17.6 Å². The molecule has 1 saturated carbocycles. The predicted octanol–water partition coefficient (Wildman–Crippen LogP) is 3.36. The number of amides is 2. The lowest BCUT2D eigenvalue weighted by Crippen LogP contribution is -2.60. The number of benzene rings is 2. The maximum Gasteiger partial charge on any atom is 0.262 e. The Morgan fingerprint density at radius 3 is 2.77 bits per heavy atom. The van der Waals surface area contributed by atoms with Crippen molar-refractivity contribution in [2.24, 2.45) is 11.8 Å². The van der Waals surface area contributed by atoms with E-state index >= 15 is 0 Å². The standard InChI is InChI=1S/C24H29N3O3/c1-16-9-11-19(12-10-16)30-15-23(28)25-18-6-4-5-17(13-18)14-22-20-7-2-3-8-21(20)24(29)27-26-22/h4-6,9-13,20-22,26H,2-3,7-8,14-15H2,1H3,(H,25,28)(H,27,29). The number of rotatable bonds is 6. The molecule has 2 aromatic rings. The summed E-state index contributed by atoms with van der Waals surface area (Å²) in [4.78, 5) is 24.4. The second-order valence-electron chi connectivity index (χ2n) is 8.35. The van der Waals surface area contributed by atoms with Crippen LogP contribution in [0.5, 0.6) is 5.75 Å². The van der Waals surface area contributed by atoms with Crippen LogP contribution in [0.1, 0.15) is 36.8 Å². The molecule has 2 aromatic carbocycles. The lowest BCUT2D eigenvalue weighted by atomic mass is 9.72. The topological polar surface area (TPSA) is 79.5 Å². The number of carbonyl (C=O) groups excluding carboxylic acids is 2. The third kappa shape index (κ3) is 5.00. The van der Waals surface area contributed by atoms with Gasteiger partial charge in [-0.25, -0.2) is 5.43 Å². The minimum atomic E-state index is -0.192. The number of carbonyl (C=O) groups is 2. The summed E-state index contributed by atoms with van der Waals surface area (Å²) in [5.41, 5.74) is 9.10. The molecule has 6 nitrogen and oxygen atoms in total. The fourth-order valence-electron chi connectivity index (χ4n) is 4.54. The zero-order valence-corrected chi connectivity index (χ0v) is 17.3. The average Bonchev–Trinajstić information content (AvgIpc) is 2.76. The molecule has 158 valence electrons. The summed E-state index contributed by atoms with van der Waals surface area (Å²) in [6, 6.07) is 15.7. The van der Waals surface area contributed by atoms with Crippen molar-refractivity contribution in [2.45, 2.75) is 45.1 Å². The summed E-state index contributed by atoms with van der Waals surface area (Å²) < 4.78 is 5.55. The van der Waals surface area contributed by atoms with E-state index in [4.69, 9.17) is 4.74 Å². The molecule has 1 heterocycles. The summed E-state index contributed by atoms with van der Waals surface area (Å²) in [7, 11) is 0. The first-order valence-corrected chi connectivity index (χ1v) is 10.7. The minimum absolute atomic E-state index is 0.0345. The van der Waals surface area contributed by atoms with Crippen molar-refractivity contribution in [3.63, 3.8) is 0 Å². The monoisotopic (exact) mass is 407 g/mol. The van der Waals surface area contributed by atoms with Crippen molar-refractivity contribution in [1.29, 1.82) is 0 Å². The summed E-state index contributed by atoms with van der Waals surface area (Å²) in [6.45, 7) is 1.97. The van der Waals surface area contributed by atoms with Gasteiger partial charge in [0.2, 0.25) is 5.91 Å². The van der Waals surface area contributed by atoms with Crippen LogP contribution in [-0.4, -0.2) is 24.5 Å². The van der Waals surface area contributed by atoms with Gasteiger partial charge in [0.25, 0.3) is 5.91 Å². The van der Waals surface area contributed by atoms with Gasteiger partial charge in [0.15, 0.2) is 6.61 Å². The fraction of sp³-hybridized carbons (Fsp3) is 0.417. The first-order chi connectivity index (χ1) is 14.6. The van der Waals surface area contributed by atoms with Gasteiger partial charge in [-0.15, -0.1) is 0 Å². The molecule has 2 fully saturated rings. The average molecular weight is 408 g/mol. The van der Waals surface area contributed by atoms with Gasteiger partial charge in [-0.2, -0.15) is 0 Å². The van der Waals surface area contributed by atoms with E-state index in [9.17, 15) is 9.59 Å². The molecular weight excluding hydrogens is 378 g/mol. The van der Waals surface area contributed by atoms with Crippen molar-refractivity contribution in [3.8, 4) is 5.75 Å². The van der Waals surface area contributed by atoms with E-state index in [1.165, 1.54) is 6.42 Å². The summed E-state index contributed by atoms with van der Waals surface area (Å²) in [6.07, 6.45) is 5.19. The number of hydrogen-bond donors (Lipinski definition) is 3. The second-order valence-corrected chi connectivity index (χ2v) is 8.35. The highest BCUT2D eigenvalue weighted by Gasteiger charge is 2.39. The first-order valence-electron chi connectivity index (χ1n) is 10.7. The molecule has 1 aliphatic carbocycles. The Kier molecular flexibility index (Phi) is 6.33. The molecular formula is C24H29N3O3. The third-order valence-corrected chi connectivity index (χ3v) is 6.11. The highest BCUT2D eigenvalue weighted by molar-refractivity contribution is 5.91. The van der Waals surface area contributed by atoms with Crippen molar-refractivity contribution < 1.29 is 14.3 Å². The molecule has 0 bridgehead atoms. The minimum Gasteiger partial charge on any atom is -0.484 e. The Morgan fingerprint density at radius 2 is 1.93 bits per heavy atom. The quantitative estimate of drug-likeness (QED) is 0.686. The number of ether oxygens (including phenoxy) is 1. The Labute approximate surface area is 177 Å². The number of fused-ring (bicyclic) bond motifs is 1. The Morgan fingerprint density at radius 1 is 1.13 bits per heavy atom. The largest absolute Gasteiger partial charge is 0.484 e. The van der Waals surface area contributed by atoms with E-state index in [1.54, 1.807) is 0 Å². The van der Waals surface area contributed by atoms with Gasteiger partial charge in [0.1, 0.15) is 5.75 Å². The van der Waals surface area contributed by atoms with Crippen LogP contribution >= 0.6 is 0 Å². The van der Waals surface area contributed by atoms with E-state index in [2.05, 4.69) is 22.2 Å². The number of hydrazine groups is 1. The molecule has 2 amide bonds. The van der Waals surface area contributed by atoms with Gasteiger partial charge >= 0.3 is 0 Å². The third-order valence-electron chi connectivity index (χ3n) is 6.11. The smallest absolute Gasteiger partial charge is 0.262 e. The van der Waals surface area contributed by atoms with E-state index in [0.29, 0.717) is 11.7 Å². The molecule has 1 saturated heterocycles. The predicted molar refractivity (Wildman–Crippen MR) is 116 cm³/mol. The van der Waals surface area contributed by atoms with Crippen molar-refractivity contribution in [3.05, 3.63) is 59.7 Å². The van der Waals surface area contributed by atoms with Crippen molar-refractivity contribution >= 4 is 17.5 Å². The van der Waals surface area contributed by atoms with Crippen molar-refractivity contribution in [2.75, 3.05) is 11.9 Å². The van der Waals surface area contributed by atoms with Crippen LogP contribution in [0, 0.1) is 18.8 Å². The van der Waals surface area contributed by atoms with Gasteiger partial charge in [-0.05, 0) is 61.9 Å². The summed E-state index contributed by atoms with van der Waals surface area (Å²) in [5.74, 6) is 1.10. The molecule has 0 radical (unpaired) electrons. The van der Waals surface area contributed by atoms with Gasteiger partial charge in [-0.3, -0.25) is 15.0 Å². The normalized spacial score (nSPS) is 23.2. The number of nitrogens with one attached hydrogen (secondary N) is 3. The van der Waals surface area contributed by atoms with Crippen molar-refractivity contribution in [1.82, 2.24) is 10.9 Å². The summed E-state index contributed by atoms with van der Waals surface area (Å²) in [5, 5.41) is 2.91. The second kappa shape index (κ2) is 9.30. The van der Waals surface area contributed by atoms with E-state index < -0.39 is 0 Å². The maximum atomic E-state index is 12.3. The zero-order valence-electron chi connectivity index (χ0n) is 17.3. The van der Waals surface area contributed by atoms with Crippen LogP contribution in [0.15, 0.2) is 48.5 Å². The van der Waals surface area contributed by atoms with E-state index in [1.807, 2.05) is 49.4 Å². The van der Waals surface area contributed by atoms with Crippen LogP contribution in [-0.2, 0) is 16.0 Å². The Balaban J connectivity index is 1.33. The lowest BCUT2D eigenvalue weighted by molar-refractivity contribution is -0.133. The molecule has 0 aromatic heterocycles. The molecule has 2 aliphatic rings. The molecule has 3 unspecified atom stereocenters. The Hall–Kier alpha value is -2.86. The van der Waals surface area contributed by atoms with Crippen LogP contribution in [0.2, 0.25) is 0 Å². The Bertz CT molecular complexity index is 897. The number of anilines is 1. The van der Waals surface area contributed by atoms with Crippen LogP contribution in [0.25, 0.3) is 0 Å². The molecule has 6 heteroatoms. The molecule has 3 atom stereocenters. The molecule has 30 heavy (non-hydrogen) atoms. The van der Waals surface area contributed by atoms with Gasteiger partial charge in [-0.1, -0.05) is 42.7 Å². The highest BCUT2D eigenvalue weighted by Crippen LogP contribution is 2.35. The van der Waals surface area contributed by atoms with Gasteiger partial charge in [0.05, 0.1) is 0 Å². The van der Waals surface area contributed by atoms with Crippen LogP contribution in [0.3, 0.4) is 0 Å². The molecule has 0 spiro atoms. The maximum absolute atomic E-state index is 12.3. The van der Waals surface area contributed by atoms with Gasteiger partial charge < -0.3 is 10.1 Å². The summed E-state index contributed by atoms with van der Waals surface area (Å²) >= 11 is 0. The lowest BCUT2D eigenvalue weighted by Gasteiger charge is -2.41. The van der Waals surface area contributed by atoms with E-state index in [0.717, 1.165) is 42.5 Å². The number of aryl methyl sites for hydroxylation is 1. The molecule has 1 aliphatic heterocycles.